The van der Waals surface area contributed by atoms with Crippen molar-refractivity contribution in [3.05, 3.63) is 35.9 Å². The molecule has 1 aromatic carbocycles. The highest BCUT2D eigenvalue weighted by molar-refractivity contribution is 5.89. The summed E-state index contributed by atoms with van der Waals surface area (Å²) in [5.74, 6) is -1.74. The van der Waals surface area contributed by atoms with Crippen LogP contribution in [0.15, 0.2) is 30.3 Å². The average molecular weight is 247 g/mol. The lowest BCUT2D eigenvalue weighted by molar-refractivity contribution is -0.140. The van der Waals surface area contributed by atoms with Crippen LogP contribution in [0, 0.1) is 11.8 Å². The molecule has 2 rings (SSSR count). The van der Waals surface area contributed by atoms with Crippen molar-refractivity contribution in [3.8, 4) is 0 Å². The number of hydrogen-bond donors (Lipinski definition) is 2. The van der Waals surface area contributed by atoms with Crippen molar-refractivity contribution >= 4 is 11.9 Å². The smallest absolute Gasteiger partial charge is 0.307 e. The van der Waals surface area contributed by atoms with Crippen LogP contribution >= 0.6 is 0 Å². The molecule has 1 amide bonds. The average Bonchev–Trinajstić information content (AvgIpc) is 3.16. The lowest BCUT2D eigenvalue weighted by Gasteiger charge is -2.04. The third-order valence-electron chi connectivity index (χ3n) is 3.23. The molecule has 2 atom stereocenters. The van der Waals surface area contributed by atoms with Gasteiger partial charge in [0, 0.05) is 6.54 Å². The highest BCUT2D eigenvalue weighted by atomic mass is 16.4. The molecule has 0 bridgehead atoms. The number of hydrogen-bond acceptors (Lipinski definition) is 2. The van der Waals surface area contributed by atoms with E-state index in [0.29, 0.717) is 13.0 Å². The largest absolute Gasteiger partial charge is 0.481 e. The van der Waals surface area contributed by atoms with Crippen molar-refractivity contribution < 1.29 is 14.7 Å². The summed E-state index contributed by atoms with van der Waals surface area (Å²) < 4.78 is 0. The number of carboxylic acids is 1. The predicted molar refractivity (Wildman–Crippen MR) is 67.0 cm³/mol. The van der Waals surface area contributed by atoms with Gasteiger partial charge in [-0.2, -0.15) is 0 Å². The first kappa shape index (κ1) is 12.6. The van der Waals surface area contributed by atoms with Crippen LogP contribution in [0.1, 0.15) is 18.4 Å². The molecule has 0 unspecified atom stereocenters. The molecule has 96 valence electrons. The fraction of sp³-hybridized carbons (Fsp3) is 0.429. The molecule has 0 spiro atoms. The first-order valence-electron chi connectivity index (χ1n) is 6.23. The van der Waals surface area contributed by atoms with Crippen molar-refractivity contribution in [2.45, 2.75) is 19.3 Å². The van der Waals surface area contributed by atoms with E-state index >= 15 is 0 Å². The maximum absolute atomic E-state index is 11.6. The van der Waals surface area contributed by atoms with Crippen molar-refractivity contribution in [2.75, 3.05) is 6.54 Å². The zero-order valence-corrected chi connectivity index (χ0v) is 10.1. The molecule has 1 aromatic rings. The molecular weight excluding hydrogens is 230 g/mol. The van der Waals surface area contributed by atoms with Gasteiger partial charge in [-0.05, 0) is 24.8 Å². The number of carboxylic acid groups (broad SMARTS) is 1. The van der Waals surface area contributed by atoms with E-state index in [1.807, 2.05) is 18.2 Å². The lowest BCUT2D eigenvalue weighted by Crippen LogP contribution is -2.27. The van der Waals surface area contributed by atoms with E-state index in [1.54, 1.807) is 0 Å². The summed E-state index contributed by atoms with van der Waals surface area (Å²) in [5.41, 5.74) is 1.25. The van der Waals surface area contributed by atoms with Crippen LogP contribution in [-0.2, 0) is 16.0 Å². The van der Waals surface area contributed by atoms with E-state index < -0.39 is 11.9 Å². The Bertz CT molecular complexity index is 430. The minimum absolute atomic E-state index is 0.115. The molecule has 4 nitrogen and oxygen atoms in total. The Balaban J connectivity index is 1.62. The van der Waals surface area contributed by atoms with Crippen LogP contribution in [-0.4, -0.2) is 23.5 Å². The number of amides is 1. The second kappa shape index (κ2) is 5.67. The monoisotopic (exact) mass is 247 g/mol. The van der Waals surface area contributed by atoms with Gasteiger partial charge in [0.05, 0.1) is 11.8 Å². The number of benzene rings is 1. The van der Waals surface area contributed by atoms with Crippen molar-refractivity contribution in [3.63, 3.8) is 0 Å². The molecule has 1 aliphatic carbocycles. The Morgan fingerprint density at radius 1 is 1.22 bits per heavy atom. The number of carbonyl (C=O) groups excluding carboxylic acids is 1. The van der Waals surface area contributed by atoms with Gasteiger partial charge in [-0.3, -0.25) is 9.59 Å². The Kier molecular flexibility index (Phi) is 3.97. The minimum Gasteiger partial charge on any atom is -0.481 e. The van der Waals surface area contributed by atoms with Gasteiger partial charge in [0.1, 0.15) is 0 Å². The molecule has 18 heavy (non-hydrogen) atoms. The maximum Gasteiger partial charge on any atom is 0.307 e. The third kappa shape index (κ3) is 3.32. The van der Waals surface area contributed by atoms with Gasteiger partial charge in [0.2, 0.25) is 5.91 Å². The Morgan fingerprint density at radius 2 is 1.94 bits per heavy atom. The van der Waals surface area contributed by atoms with Crippen LogP contribution in [0.3, 0.4) is 0 Å². The number of carbonyl (C=O) groups is 2. The summed E-state index contributed by atoms with van der Waals surface area (Å²) >= 11 is 0. The van der Waals surface area contributed by atoms with Crippen LogP contribution in [0.4, 0.5) is 0 Å². The molecule has 1 fully saturated rings. The summed E-state index contributed by atoms with van der Waals surface area (Å²) in [6, 6.07) is 10.1. The molecule has 2 N–H and O–H groups in total. The second-order valence-electron chi connectivity index (χ2n) is 4.67. The van der Waals surface area contributed by atoms with Crippen LogP contribution in [0.2, 0.25) is 0 Å². The second-order valence-corrected chi connectivity index (χ2v) is 4.67. The van der Waals surface area contributed by atoms with Crippen molar-refractivity contribution in [1.82, 2.24) is 5.32 Å². The molecule has 1 aliphatic rings. The highest BCUT2D eigenvalue weighted by Gasteiger charge is 2.48. The van der Waals surface area contributed by atoms with Gasteiger partial charge >= 0.3 is 5.97 Å². The molecule has 0 aliphatic heterocycles. The number of aliphatic carboxylic acids is 1. The summed E-state index contributed by atoms with van der Waals surface area (Å²) in [7, 11) is 0. The third-order valence-corrected chi connectivity index (χ3v) is 3.23. The zero-order chi connectivity index (χ0) is 13.0. The van der Waals surface area contributed by atoms with Crippen LogP contribution < -0.4 is 5.32 Å². The summed E-state index contributed by atoms with van der Waals surface area (Å²) in [6.45, 7) is 0.608. The summed E-state index contributed by atoms with van der Waals surface area (Å²) in [4.78, 5) is 22.2. The minimum atomic E-state index is -0.862. The van der Waals surface area contributed by atoms with Gasteiger partial charge in [0.25, 0.3) is 0 Å². The van der Waals surface area contributed by atoms with Gasteiger partial charge in [-0.25, -0.2) is 0 Å². The van der Waals surface area contributed by atoms with Gasteiger partial charge in [-0.1, -0.05) is 30.3 Å². The molecule has 4 heteroatoms. The SMILES string of the molecule is O=C(NCCCc1ccccc1)[C@H]1C[C@H]1C(=O)O. The quantitative estimate of drug-likeness (QED) is 0.748. The summed E-state index contributed by atoms with van der Waals surface area (Å²) in [5, 5.41) is 11.5. The molecule has 0 saturated heterocycles. The molecule has 0 radical (unpaired) electrons. The predicted octanol–water partition coefficient (Wildman–Crippen LogP) is 1.46. The van der Waals surface area contributed by atoms with E-state index in [4.69, 9.17) is 5.11 Å². The van der Waals surface area contributed by atoms with Gasteiger partial charge in [-0.15, -0.1) is 0 Å². The van der Waals surface area contributed by atoms with Crippen LogP contribution in [0.25, 0.3) is 0 Å². The first-order chi connectivity index (χ1) is 8.68. The van der Waals surface area contributed by atoms with Crippen LogP contribution in [0.5, 0.6) is 0 Å². The number of nitrogens with one attached hydrogen (secondary N) is 1. The fourth-order valence-corrected chi connectivity index (χ4v) is 2.04. The zero-order valence-electron chi connectivity index (χ0n) is 10.1. The van der Waals surface area contributed by atoms with Gasteiger partial charge < -0.3 is 10.4 Å². The standard InChI is InChI=1S/C14H17NO3/c16-13(11-9-12(11)14(17)18)15-8-4-7-10-5-2-1-3-6-10/h1-3,5-6,11-12H,4,7-9H2,(H,15,16)(H,17,18)/t11-,12+/m0/s1. The van der Waals surface area contributed by atoms with E-state index in [2.05, 4.69) is 17.4 Å². The lowest BCUT2D eigenvalue weighted by atomic mass is 10.1. The first-order valence-corrected chi connectivity index (χ1v) is 6.23. The topological polar surface area (TPSA) is 66.4 Å². The molecule has 0 aromatic heterocycles. The highest BCUT2D eigenvalue weighted by Crippen LogP contribution is 2.38. The summed E-state index contributed by atoms with van der Waals surface area (Å²) in [6.07, 6.45) is 2.29. The van der Waals surface area contributed by atoms with Gasteiger partial charge in [0.15, 0.2) is 0 Å². The molecule has 0 heterocycles. The Labute approximate surface area is 106 Å². The van der Waals surface area contributed by atoms with E-state index in [9.17, 15) is 9.59 Å². The maximum atomic E-state index is 11.6. The van der Waals surface area contributed by atoms with E-state index in [0.717, 1.165) is 12.8 Å². The Hall–Kier alpha value is -1.84. The number of rotatable bonds is 6. The van der Waals surface area contributed by atoms with E-state index in [1.165, 1.54) is 5.56 Å². The molecular formula is C14H17NO3. The van der Waals surface area contributed by atoms with E-state index in [-0.39, 0.29) is 11.8 Å². The Morgan fingerprint density at radius 3 is 2.56 bits per heavy atom. The molecule has 1 saturated carbocycles. The normalized spacial score (nSPS) is 21.3. The fourth-order valence-electron chi connectivity index (χ4n) is 2.04. The van der Waals surface area contributed by atoms with Crippen molar-refractivity contribution in [2.24, 2.45) is 11.8 Å². The number of aryl methyl sites for hydroxylation is 1. The van der Waals surface area contributed by atoms with Crippen molar-refractivity contribution in [1.29, 1.82) is 0 Å².